The summed E-state index contributed by atoms with van der Waals surface area (Å²) in [6.45, 7) is 1.95. The quantitative estimate of drug-likeness (QED) is 0.677. The summed E-state index contributed by atoms with van der Waals surface area (Å²) >= 11 is 1.39. The van der Waals surface area contributed by atoms with E-state index in [1.54, 1.807) is 6.07 Å². The predicted molar refractivity (Wildman–Crippen MR) is 88.3 cm³/mol. The van der Waals surface area contributed by atoms with Crippen LogP contribution in [-0.2, 0) is 9.53 Å². The van der Waals surface area contributed by atoms with E-state index in [9.17, 15) is 9.59 Å². The zero-order valence-electron chi connectivity index (χ0n) is 12.5. The molecule has 2 aromatic rings. The van der Waals surface area contributed by atoms with Crippen LogP contribution in [-0.4, -0.2) is 24.7 Å². The third-order valence-electron chi connectivity index (χ3n) is 2.98. The maximum atomic E-state index is 12.1. The van der Waals surface area contributed by atoms with Crippen molar-refractivity contribution >= 4 is 29.3 Å². The van der Waals surface area contributed by atoms with Crippen molar-refractivity contribution in [1.29, 1.82) is 0 Å². The van der Waals surface area contributed by atoms with E-state index < -0.39 is 0 Å². The van der Waals surface area contributed by atoms with Crippen molar-refractivity contribution in [1.82, 2.24) is 0 Å². The van der Waals surface area contributed by atoms with E-state index in [1.807, 2.05) is 49.4 Å². The van der Waals surface area contributed by atoms with Crippen molar-refractivity contribution in [2.75, 3.05) is 18.2 Å². The number of nitrogens with one attached hydrogen (secondary N) is 1. The molecule has 0 aliphatic carbocycles. The summed E-state index contributed by atoms with van der Waals surface area (Å²) in [5.41, 5.74) is 2.39. The lowest BCUT2D eigenvalue weighted by molar-refractivity contribution is -0.137. The number of esters is 1. The molecule has 1 amide bonds. The normalized spacial score (nSPS) is 10.1. The van der Waals surface area contributed by atoms with E-state index in [0.717, 1.165) is 10.5 Å². The molecule has 0 aliphatic heterocycles. The second kappa shape index (κ2) is 7.66. The Bertz CT molecular complexity index is 668. The highest BCUT2D eigenvalue weighted by molar-refractivity contribution is 8.00. The number of thioether (sulfide) groups is 1. The Morgan fingerprint density at radius 3 is 2.50 bits per heavy atom. The standard InChI is InChI=1S/C17H17NO3S/c1-12-4-3-5-13(10-12)17(20)18-14-6-8-15(9-7-14)22-11-16(19)21-2/h3-10H,11H2,1-2H3,(H,18,20). The fourth-order valence-corrected chi connectivity index (χ4v) is 2.56. The van der Waals surface area contributed by atoms with Crippen LogP contribution < -0.4 is 5.32 Å². The fourth-order valence-electron chi connectivity index (χ4n) is 1.83. The molecule has 0 aliphatic rings. The van der Waals surface area contributed by atoms with Crippen molar-refractivity contribution < 1.29 is 14.3 Å². The van der Waals surface area contributed by atoms with E-state index in [4.69, 9.17) is 0 Å². The van der Waals surface area contributed by atoms with Crippen molar-refractivity contribution in [3.63, 3.8) is 0 Å². The molecular weight excluding hydrogens is 298 g/mol. The van der Waals surface area contributed by atoms with Crippen LogP contribution in [0.25, 0.3) is 0 Å². The highest BCUT2D eigenvalue weighted by Gasteiger charge is 2.06. The molecule has 0 bridgehead atoms. The number of carbonyl (C=O) groups is 2. The number of hydrogen-bond donors (Lipinski definition) is 1. The SMILES string of the molecule is COC(=O)CSc1ccc(NC(=O)c2cccc(C)c2)cc1. The van der Waals surface area contributed by atoms with E-state index >= 15 is 0 Å². The summed E-state index contributed by atoms with van der Waals surface area (Å²) < 4.78 is 4.59. The molecule has 114 valence electrons. The largest absolute Gasteiger partial charge is 0.468 e. The number of aryl methyl sites for hydroxylation is 1. The molecule has 22 heavy (non-hydrogen) atoms. The maximum absolute atomic E-state index is 12.1. The predicted octanol–water partition coefficient (Wildman–Crippen LogP) is 3.51. The summed E-state index contributed by atoms with van der Waals surface area (Å²) in [6.07, 6.45) is 0. The van der Waals surface area contributed by atoms with E-state index in [0.29, 0.717) is 11.3 Å². The zero-order valence-corrected chi connectivity index (χ0v) is 13.3. The van der Waals surface area contributed by atoms with Crippen LogP contribution in [0.2, 0.25) is 0 Å². The van der Waals surface area contributed by atoms with Gasteiger partial charge in [-0.25, -0.2) is 0 Å². The molecule has 0 saturated heterocycles. The number of ether oxygens (including phenoxy) is 1. The van der Waals surface area contributed by atoms with Gasteiger partial charge in [-0.1, -0.05) is 17.7 Å². The molecule has 0 unspecified atom stereocenters. The first-order chi connectivity index (χ1) is 10.6. The third-order valence-corrected chi connectivity index (χ3v) is 3.96. The van der Waals surface area contributed by atoms with Crippen LogP contribution >= 0.6 is 11.8 Å². The van der Waals surface area contributed by atoms with E-state index in [1.165, 1.54) is 18.9 Å². The molecule has 5 heteroatoms. The fraction of sp³-hybridized carbons (Fsp3) is 0.176. The molecule has 0 aromatic heterocycles. The Kier molecular flexibility index (Phi) is 5.61. The van der Waals surface area contributed by atoms with Gasteiger partial charge in [-0.2, -0.15) is 0 Å². The lowest BCUT2D eigenvalue weighted by Gasteiger charge is -2.07. The summed E-state index contributed by atoms with van der Waals surface area (Å²) in [6, 6.07) is 14.8. The number of rotatable bonds is 5. The Balaban J connectivity index is 1.96. The third kappa shape index (κ3) is 4.63. The van der Waals surface area contributed by atoms with Gasteiger partial charge in [0.2, 0.25) is 0 Å². The molecule has 0 heterocycles. The van der Waals surface area contributed by atoms with Crippen LogP contribution in [0.1, 0.15) is 15.9 Å². The van der Waals surface area contributed by atoms with E-state index in [-0.39, 0.29) is 17.6 Å². The van der Waals surface area contributed by atoms with Gasteiger partial charge in [-0.05, 0) is 43.3 Å². The Morgan fingerprint density at radius 2 is 1.86 bits per heavy atom. The van der Waals surface area contributed by atoms with Crippen molar-refractivity contribution in [3.05, 3.63) is 59.7 Å². The number of methoxy groups -OCH3 is 1. The lowest BCUT2D eigenvalue weighted by Crippen LogP contribution is -2.11. The Morgan fingerprint density at radius 1 is 1.14 bits per heavy atom. The second-order valence-electron chi connectivity index (χ2n) is 4.71. The van der Waals surface area contributed by atoms with Crippen LogP contribution in [0.5, 0.6) is 0 Å². The summed E-state index contributed by atoms with van der Waals surface area (Å²) in [7, 11) is 1.37. The lowest BCUT2D eigenvalue weighted by atomic mass is 10.1. The van der Waals surface area contributed by atoms with Gasteiger partial charge in [0.1, 0.15) is 0 Å². The molecule has 2 rings (SSSR count). The van der Waals surface area contributed by atoms with Crippen LogP contribution in [0.3, 0.4) is 0 Å². The molecule has 0 radical (unpaired) electrons. The van der Waals surface area contributed by atoms with Gasteiger partial charge < -0.3 is 10.1 Å². The first-order valence-corrected chi connectivity index (χ1v) is 7.75. The smallest absolute Gasteiger partial charge is 0.315 e. The number of anilines is 1. The number of carbonyl (C=O) groups excluding carboxylic acids is 2. The van der Waals surface area contributed by atoms with Gasteiger partial charge >= 0.3 is 5.97 Å². The summed E-state index contributed by atoms with van der Waals surface area (Å²) in [5.74, 6) is -0.133. The molecule has 4 nitrogen and oxygen atoms in total. The van der Waals surface area contributed by atoms with Gasteiger partial charge in [-0.3, -0.25) is 9.59 Å². The van der Waals surface area contributed by atoms with Crippen molar-refractivity contribution in [3.8, 4) is 0 Å². The minimum absolute atomic E-state index is 0.140. The monoisotopic (exact) mass is 315 g/mol. The molecular formula is C17H17NO3S. The second-order valence-corrected chi connectivity index (χ2v) is 5.76. The topological polar surface area (TPSA) is 55.4 Å². The van der Waals surface area contributed by atoms with Crippen LogP contribution in [0.15, 0.2) is 53.4 Å². The Hall–Kier alpha value is -2.27. The highest BCUT2D eigenvalue weighted by Crippen LogP contribution is 2.20. The molecule has 1 N–H and O–H groups in total. The summed E-state index contributed by atoms with van der Waals surface area (Å²) in [4.78, 5) is 24.2. The molecule has 0 atom stereocenters. The van der Waals surface area contributed by atoms with Crippen LogP contribution in [0, 0.1) is 6.92 Å². The number of benzene rings is 2. The number of amides is 1. The van der Waals surface area contributed by atoms with E-state index in [2.05, 4.69) is 10.1 Å². The maximum Gasteiger partial charge on any atom is 0.315 e. The molecule has 0 spiro atoms. The summed E-state index contributed by atoms with van der Waals surface area (Å²) in [5, 5.41) is 2.85. The minimum atomic E-state index is -0.262. The van der Waals surface area contributed by atoms with Gasteiger partial charge in [0.25, 0.3) is 5.91 Å². The van der Waals surface area contributed by atoms with Gasteiger partial charge in [0.15, 0.2) is 0 Å². The van der Waals surface area contributed by atoms with Crippen LogP contribution in [0.4, 0.5) is 5.69 Å². The van der Waals surface area contributed by atoms with Gasteiger partial charge in [0, 0.05) is 16.1 Å². The van der Waals surface area contributed by atoms with Gasteiger partial charge in [-0.15, -0.1) is 11.8 Å². The van der Waals surface area contributed by atoms with Crippen molar-refractivity contribution in [2.45, 2.75) is 11.8 Å². The number of hydrogen-bond acceptors (Lipinski definition) is 4. The zero-order chi connectivity index (χ0) is 15.9. The first kappa shape index (κ1) is 16.1. The average molecular weight is 315 g/mol. The van der Waals surface area contributed by atoms with Crippen molar-refractivity contribution in [2.24, 2.45) is 0 Å². The Labute approximate surface area is 133 Å². The van der Waals surface area contributed by atoms with Gasteiger partial charge in [0.05, 0.1) is 12.9 Å². The minimum Gasteiger partial charge on any atom is -0.468 e. The first-order valence-electron chi connectivity index (χ1n) is 6.76. The average Bonchev–Trinajstić information content (AvgIpc) is 2.53. The molecule has 2 aromatic carbocycles. The molecule has 0 saturated carbocycles. The highest BCUT2D eigenvalue weighted by atomic mass is 32.2. The molecule has 0 fully saturated rings.